The molecule has 0 saturated heterocycles. The predicted octanol–water partition coefficient (Wildman–Crippen LogP) is 3.17. The number of carbonyl (C=O) groups excluding carboxylic acids is 1. The largest absolute Gasteiger partial charge is 0.496 e. The highest BCUT2D eigenvalue weighted by molar-refractivity contribution is 5.75. The van der Waals surface area contributed by atoms with Gasteiger partial charge in [0.15, 0.2) is 11.5 Å². The number of hydrogen-bond donors (Lipinski definition) is 2. The lowest BCUT2D eigenvalue weighted by atomic mass is 10.0. The summed E-state index contributed by atoms with van der Waals surface area (Å²) in [5.41, 5.74) is 2.79. The summed E-state index contributed by atoms with van der Waals surface area (Å²) in [5.74, 6) is 1.43. The molecule has 0 bridgehead atoms. The van der Waals surface area contributed by atoms with Crippen molar-refractivity contribution in [3.63, 3.8) is 0 Å². The topological polar surface area (TPSA) is 80.5 Å². The van der Waals surface area contributed by atoms with Crippen LogP contribution in [0.25, 0.3) is 5.65 Å². The lowest BCUT2D eigenvalue weighted by Crippen LogP contribution is -2.39. The summed E-state index contributed by atoms with van der Waals surface area (Å²) in [6, 6.07) is 10.8. The van der Waals surface area contributed by atoms with Crippen LogP contribution in [0.3, 0.4) is 0 Å². The molecule has 7 heteroatoms. The Morgan fingerprint density at radius 2 is 1.88 bits per heavy atom. The molecular formula is C19H23N5O2. The molecule has 0 aliphatic rings. The quantitative estimate of drug-likeness (QED) is 0.738. The molecule has 0 fully saturated rings. The Kier molecular flexibility index (Phi) is 5.06. The molecule has 2 unspecified atom stereocenters. The molecule has 2 atom stereocenters. The fourth-order valence-electron chi connectivity index (χ4n) is 2.92. The van der Waals surface area contributed by atoms with Gasteiger partial charge in [0.25, 0.3) is 0 Å². The normalized spacial score (nSPS) is 13.2. The van der Waals surface area contributed by atoms with Crippen molar-refractivity contribution in [3.8, 4) is 5.75 Å². The van der Waals surface area contributed by atoms with Gasteiger partial charge < -0.3 is 15.4 Å². The van der Waals surface area contributed by atoms with Gasteiger partial charge in [0.1, 0.15) is 5.75 Å². The maximum atomic E-state index is 12.4. The number of benzene rings is 1. The van der Waals surface area contributed by atoms with Gasteiger partial charge in [-0.25, -0.2) is 4.79 Å². The average molecular weight is 353 g/mol. The van der Waals surface area contributed by atoms with Crippen LogP contribution in [-0.4, -0.2) is 27.7 Å². The van der Waals surface area contributed by atoms with Crippen molar-refractivity contribution < 1.29 is 9.53 Å². The van der Waals surface area contributed by atoms with Crippen molar-refractivity contribution in [2.75, 3.05) is 7.11 Å². The number of ether oxygens (including phenoxy) is 1. The number of hydrogen-bond acceptors (Lipinski definition) is 4. The first-order valence-electron chi connectivity index (χ1n) is 8.51. The van der Waals surface area contributed by atoms with Crippen molar-refractivity contribution in [2.45, 2.75) is 32.9 Å². The highest BCUT2D eigenvalue weighted by Gasteiger charge is 2.18. The van der Waals surface area contributed by atoms with Gasteiger partial charge in [0.05, 0.1) is 19.2 Å². The molecule has 1 aromatic carbocycles. The molecule has 136 valence electrons. The van der Waals surface area contributed by atoms with Crippen LogP contribution in [0.1, 0.15) is 42.9 Å². The molecule has 2 heterocycles. The Labute approximate surface area is 152 Å². The number of rotatable bonds is 5. The first-order valence-corrected chi connectivity index (χ1v) is 8.51. The minimum Gasteiger partial charge on any atom is -0.496 e. The van der Waals surface area contributed by atoms with E-state index in [0.29, 0.717) is 5.82 Å². The summed E-state index contributed by atoms with van der Waals surface area (Å²) in [7, 11) is 1.62. The molecule has 7 nitrogen and oxygen atoms in total. The van der Waals surface area contributed by atoms with Gasteiger partial charge in [-0.1, -0.05) is 23.8 Å². The number of nitrogens with one attached hydrogen (secondary N) is 2. The van der Waals surface area contributed by atoms with Crippen molar-refractivity contribution in [3.05, 3.63) is 59.5 Å². The zero-order valence-corrected chi connectivity index (χ0v) is 15.4. The maximum Gasteiger partial charge on any atom is 0.315 e. The Morgan fingerprint density at radius 1 is 1.12 bits per heavy atom. The van der Waals surface area contributed by atoms with E-state index in [-0.39, 0.29) is 18.1 Å². The highest BCUT2D eigenvalue weighted by atomic mass is 16.5. The fourth-order valence-corrected chi connectivity index (χ4v) is 2.92. The van der Waals surface area contributed by atoms with Crippen molar-refractivity contribution >= 4 is 11.7 Å². The number of carbonyl (C=O) groups is 1. The third-order valence-electron chi connectivity index (χ3n) is 4.27. The van der Waals surface area contributed by atoms with Crippen LogP contribution >= 0.6 is 0 Å². The van der Waals surface area contributed by atoms with E-state index in [9.17, 15) is 4.79 Å². The minimum absolute atomic E-state index is 0.202. The summed E-state index contributed by atoms with van der Waals surface area (Å²) in [5, 5.41) is 14.2. The first-order chi connectivity index (χ1) is 12.5. The highest BCUT2D eigenvalue weighted by Crippen LogP contribution is 2.26. The molecular weight excluding hydrogens is 330 g/mol. The number of aryl methyl sites for hydroxylation is 1. The average Bonchev–Trinajstić information content (AvgIpc) is 3.05. The lowest BCUT2D eigenvalue weighted by Gasteiger charge is -2.20. The number of pyridine rings is 1. The standard InChI is InChI=1S/C19H23N5O2/c1-12-8-9-16(26-4)15(11-12)13(2)20-19(25)21-14(3)18-23-22-17-7-5-6-10-24(17)18/h5-11,13-14H,1-4H3,(H2,20,21,25). The molecule has 2 N–H and O–H groups in total. The van der Waals surface area contributed by atoms with Gasteiger partial charge in [-0.15, -0.1) is 10.2 Å². The lowest BCUT2D eigenvalue weighted by molar-refractivity contribution is 0.234. The second kappa shape index (κ2) is 7.43. The molecule has 0 aliphatic carbocycles. The van der Waals surface area contributed by atoms with E-state index in [1.54, 1.807) is 7.11 Å². The van der Waals surface area contributed by atoms with Gasteiger partial charge in [-0.3, -0.25) is 4.40 Å². The minimum atomic E-state index is -0.293. The summed E-state index contributed by atoms with van der Waals surface area (Å²) in [6.45, 7) is 5.81. The number of fused-ring (bicyclic) bond motifs is 1. The Bertz CT molecular complexity index is 921. The van der Waals surface area contributed by atoms with E-state index in [0.717, 1.165) is 22.5 Å². The molecule has 26 heavy (non-hydrogen) atoms. The van der Waals surface area contributed by atoms with Crippen LogP contribution in [-0.2, 0) is 0 Å². The molecule has 3 rings (SSSR count). The van der Waals surface area contributed by atoms with E-state index in [1.807, 2.05) is 67.8 Å². The zero-order chi connectivity index (χ0) is 18.7. The maximum absolute atomic E-state index is 12.4. The Balaban J connectivity index is 1.69. The Hall–Kier alpha value is -3.09. The molecule has 2 aromatic heterocycles. The van der Waals surface area contributed by atoms with E-state index in [2.05, 4.69) is 20.8 Å². The third kappa shape index (κ3) is 3.61. The van der Waals surface area contributed by atoms with Gasteiger partial charge >= 0.3 is 6.03 Å². The van der Waals surface area contributed by atoms with Gasteiger partial charge in [0, 0.05) is 11.8 Å². The monoisotopic (exact) mass is 353 g/mol. The molecule has 3 aromatic rings. The van der Waals surface area contributed by atoms with Crippen LogP contribution in [0.2, 0.25) is 0 Å². The number of methoxy groups -OCH3 is 1. The van der Waals surface area contributed by atoms with Gasteiger partial charge in [-0.05, 0) is 39.0 Å². The van der Waals surface area contributed by atoms with Crippen molar-refractivity contribution in [1.82, 2.24) is 25.2 Å². The van der Waals surface area contributed by atoms with Crippen LogP contribution in [0.5, 0.6) is 5.75 Å². The van der Waals surface area contributed by atoms with Crippen LogP contribution in [0.15, 0.2) is 42.6 Å². The molecule has 0 aliphatic heterocycles. The Morgan fingerprint density at radius 3 is 2.65 bits per heavy atom. The molecule has 2 amide bonds. The van der Waals surface area contributed by atoms with Gasteiger partial charge in [0.2, 0.25) is 0 Å². The summed E-state index contributed by atoms with van der Waals surface area (Å²) in [6.07, 6.45) is 1.88. The second-order valence-electron chi connectivity index (χ2n) is 6.29. The second-order valence-corrected chi connectivity index (χ2v) is 6.29. The zero-order valence-electron chi connectivity index (χ0n) is 15.4. The molecule has 0 saturated carbocycles. The van der Waals surface area contributed by atoms with E-state index >= 15 is 0 Å². The fraction of sp³-hybridized carbons (Fsp3) is 0.316. The number of aromatic nitrogens is 3. The molecule has 0 radical (unpaired) electrons. The van der Waals surface area contributed by atoms with Crippen LogP contribution in [0.4, 0.5) is 4.79 Å². The summed E-state index contributed by atoms with van der Waals surface area (Å²) >= 11 is 0. The summed E-state index contributed by atoms with van der Waals surface area (Å²) < 4.78 is 7.26. The number of urea groups is 1. The van der Waals surface area contributed by atoms with Crippen LogP contribution < -0.4 is 15.4 Å². The van der Waals surface area contributed by atoms with Crippen molar-refractivity contribution in [1.29, 1.82) is 0 Å². The third-order valence-corrected chi connectivity index (χ3v) is 4.27. The SMILES string of the molecule is COc1ccc(C)cc1C(C)NC(=O)NC(C)c1nnc2ccccn12. The molecule has 0 spiro atoms. The van der Waals surface area contributed by atoms with E-state index in [4.69, 9.17) is 4.74 Å². The smallest absolute Gasteiger partial charge is 0.315 e. The first kappa shape index (κ1) is 17.7. The van der Waals surface area contributed by atoms with E-state index < -0.39 is 0 Å². The number of amides is 2. The van der Waals surface area contributed by atoms with Crippen molar-refractivity contribution in [2.24, 2.45) is 0 Å². The predicted molar refractivity (Wildman–Crippen MR) is 99.2 cm³/mol. The van der Waals surface area contributed by atoms with Crippen LogP contribution in [0, 0.1) is 6.92 Å². The van der Waals surface area contributed by atoms with Gasteiger partial charge in [-0.2, -0.15) is 0 Å². The van der Waals surface area contributed by atoms with E-state index in [1.165, 1.54) is 0 Å². The summed E-state index contributed by atoms with van der Waals surface area (Å²) in [4.78, 5) is 12.4. The number of nitrogens with zero attached hydrogens (tertiary/aromatic N) is 3.